The van der Waals surface area contributed by atoms with E-state index in [1.54, 1.807) is 0 Å². The zero-order valence-corrected chi connectivity index (χ0v) is 10.3. The van der Waals surface area contributed by atoms with Crippen LogP contribution in [0.2, 0.25) is 0 Å². The fourth-order valence-corrected chi connectivity index (χ4v) is 1.49. The summed E-state index contributed by atoms with van der Waals surface area (Å²) in [7, 11) is 0. The van der Waals surface area contributed by atoms with E-state index in [1.165, 1.54) is 6.92 Å². The average Bonchev–Trinajstić information content (AvgIpc) is 2.18. The Morgan fingerprint density at radius 2 is 1.88 bits per heavy atom. The Bertz CT molecular complexity index is 241. The van der Waals surface area contributed by atoms with Crippen LogP contribution in [0.25, 0.3) is 0 Å². The van der Waals surface area contributed by atoms with E-state index >= 15 is 0 Å². The molecule has 1 rings (SSSR count). The number of aliphatic hydroxyl groups excluding tert-OH is 4. The molecule has 0 aromatic rings. The van der Waals surface area contributed by atoms with Crippen LogP contribution in [0.15, 0.2) is 0 Å². The van der Waals surface area contributed by atoms with E-state index in [9.17, 15) is 20.1 Å². The van der Waals surface area contributed by atoms with Gasteiger partial charge in [-0.15, -0.1) is 0 Å². The van der Waals surface area contributed by atoms with Gasteiger partial charge in [-0.2, -0.15) is 9.90 Å². The third kappa shape index (κ3) is 3.35. The van der Waals surface area contributed by atoms with Gasteiger partial charge in [-0.3, -0.25) is 4.79 Å². The molecule has 1 unspecified atom stereocenters. The predicted octanol–water partition coefficient (Wildman–Crippen LogP) is -3.02. The number of ether oxygens (including phenoxy) is 1. The zero-order valence-electron chi connectivity index (χ0n) is 8.91. The lowest BCUT2D eigenvalue weighted by molar-refractivity contribution is -0.253. The first-order valence-corrected chi connectivity index (χ1v) is 4.55. The largest absolute Gasteiger partial charge is 0.394 e. The third-order valence-electron chi connectivity index (χ3n) is 2.27. The smallest absolute Gasteiger partial charge is 0.217 e. The minimum absolute atomic E-state index is 0. The molecule has 1 aliphatic heterocycles. The van der Waals surface area contributed by atoms with Crippen LogP contribution in [-0.2, 0) is 9.53 Å². The molecule has 0 aromatic carbocycles. The molecule has 1 heterocycles. The van der Waals surface area contributed by atoms with Crippen molar-refractivity contribution in [3.05, 3.63) is 0 Å². The summed E-state index contributed by atoms with van der Waals surface area (Å²) < 4.78 is 4.81. The molecule has 0 radical (unpaired) electrons. The number of carbonyl (C=O) groups excluding carboxylic acids is 1. The summed E-state index contributed by atoms with van der Waals surface area (Å²) in [4.78, 5) is 10.7. The summed E-state index contributed by atoms with van der Waals surface area (Å²) in [5.41, 5.74) is 0. The van der Waals surface area contributed by atoms with Gasteiger partial charge in [0.15, 0.2) is 6.29 Å². The van der Waals surface area contributed by atoms with Gasteiger partial charge < -0.3 is 30.5 Å². The Morgan fingerprint density at radius 1 is 1.31 bits per heavy atom. The fraction of sp³-hybridized carbons (Fsp3) is 0.875. The van der Waals surface area contributed by atoms with Crippen molar-refractivity contribution in [1.82, 2.24) is 5.32 Å². The van der Waals surface area contributed by atoms with Crippen molar-refractivity contribution in [3.8, 4) is 0 Å². The molecule has 16 heavy (non-hydrogen) atoms. The Kier molecular flexibility index (Phi) is 6.32. The van der Waals surface area contributed by atoms with Crippen LogP contribution in [0.3, 0.4) is 0 Å². The van der Waals surface area contributed by atoms with Gasteiger partial charge in [-0.25, -0.2) is 0 Å². The van der Waals surface area contributed by atoms with Crippen molar-refractivity contribution in [2.24, 2.45) is 0 Å². The summed E-state index contributed by atoms with van der Waals surface area (Å²) in [6.07, 6.45) is -5.24. The molecule has 1 saturated heterocycles. The van der Waals surface area contributed by atoms with Gasteiger partial charge >= 0.3 is 0 Å². The lowest BCUT2D eigenvalue weighted by Crippen LogP contribution is -2.63. The second-order valence-corrected chi connectivity index (χ2v) is 3.46. The van der Waals surface area contributed by atoms with Crippen molar-refractivity contribution in [1.29, 1.82) is 0 Å². The van der Waals surface area contributed by atoms with E-state index in [0.717, 1.165) is 0 Å². The molecule has 5 N–H and O–H groups in total. The van der Waals surface area contributed by atoms with Crippen molar-refractivity contribution in [2.45, 2.75) is 37.6 Å². The highest BCUT2D eigenvalue weighted by molar-refractivity contribution is 6.92. The van der Waals surface area contributed by atoms with E-state index < -0.39 is 43.2 Å². The molecule has 1 aliphatic rings. The highest BCUT2D eigenvalue weighted by atomic mass is 31.0. The fourth-order valence-electron chi connectivity index (χ4n) is 1.49. The van der Waals surface area contributed by atoms with Crippen molar-refractivity contribution >= 4 is 15.8 Å². The summed E-state index contributed by atoms with van der Waals surface area (Å²) in [5.74, 6) is -0.462. The lowest BCUT2D eigenvalue weighted by atomic mass is 9.97. The molecule has 0 spiro atoms. The topological polar surface area (TPSA) is 119 Å². The minimum Gasteiger partial charge on any atom is -0.394 e. The van der Waals surface area contributed by atoms with Crippen LogP contribution >= 0.6 is 9.90 Å². The molecular weight excluding hydrogens is 237 g/mol. The van der Waals surface area contributed by atoms with Crippen LogP contribution < -0.4 is 5.32 Å². The van der Waals surface area contributed by atoms with Gasteiger partial charge in [0.25, 0.3) is 0 Å². The van der Waals surface area contributed by atoms with E-state index in [-0.39, 0.29) is 9.90 Å². The maximum Gasteiger partial charge on any atom is 0.217 e. The first kappa shape index (κ1) is 15.7. The monoisotopic (exact) mass is 255 g/mol. The summed E-state index contributed by atoms with van der Waals surface area (Å²) in [6.45, 7) is 0.687. The highest BCUT2D eigenvalue weighted by Crippen LogP contribution is 2.19. The van der Waals surface area contributed by atoms with E-state index in [2.05, 4.69) is 5.32 Å². The van der Waals surface area contributed by atoms with Gasteiger partial charge in [0.1, 0.15) is 24.4 Å². The van der Waals surface area contributed by atoms with Crippen LogP contribution in [0.1, 0.15) is 6.92 Å². The molecule has 0 saturated carbocycles. The van der Waals surface area contributed by atoms with Crippen molar-refractivity contribution in [3.63, 3.8) is 0 Å². The lowest BCUT2D eigenvalue weighted by Gasteiger charge is -2.40. The molecule has 8 heteroatoms. The van der Waals surface area contributed by atoms with Crippen LogP contribution in [0.5, 0.6) is 0 Å². The number of aliphatic hydroxyl groups is 4. The highest BCUT2D eigenvalue weighted by Gasteiger charge is 2.43. The summed E-state index contributed by atoms with van der Waals surface area (Å²) in [5, 5.41) is 39.4. The van der Waals surface area contributed by atoms with Gasteiger partial charge in [-0.1, -0.05) is 0 Å². The van der Waals surface area contributed by atoms with Crippen LogP contribution in [-0.4, -0.2) is 63.6 Å². The molecule has 6 atom stereocenters. The molecule has 0 aromatic heterocycles. The van der Waals surface area contributed by atoms with E-state index in [0.29, 0.717) is 0 Å². The van der Waals surface area contributed by atoms with Crippen LogP contribution in [0.4, 0.5) is 0 Å². The van der Waals surface area contributed by atoms with Crippen molar-refractivity contribution < 1.29 is 30.0 Å². The normalized spacial score (nSPS) is 38.7. The first-order chi connectivity index (χ1) is 6.97. The van der Waals surface area contributed by atoms with Crippen LogP contribution in [0, 0.1) is 0 Å². The van der Waals surface area contributed by atoms with E-state index in [4.69, 9.17) is 9.84 Å². The average molecular weight is 255 g/mol. The number of nitrogens with one attached hydrogen (secondary N) is 1. The first-order valence-electron chi connectivity index (χ1n) is 4.55. The number of hydrogen-bond acceptors (Lipinski definition) is 6. The Morgan fingerprint density at radius 3 is 2.31 bits per heavy atom. The molecule has 1 amide bonds. The molecule has 1 fully saturated rings. The second-order valence-electron chi connectivity index (χ2n) is 3.46. The van der Waals surface area contributed by atoms with Gasteiger partial charge in [-0.05, 0) is 0 Å². The summed E-state index contributed by atoms with van der Waals surface area (Å²) >= 11 is 0. The number of carbonyl (C=O) groups is 1. The van der Waals surface area contributed by atoms with Gasteiger partial charge in [0.2, 0.25) is 5.91 Å². The standard InChI is InChI=1S/C8H15NO6.H3P/c1-3(11)9-5-7(13)6(12)4(2-10)15-8(5)14;/h4-8,10,12-14H,2H2,1H3,(H,9,11);1H3/t4-,5-,6-,7-,8-;/m1./s1. The quantitative estimate of drug-likeness (QED) is 0.335. The van der Waals surface area contributed by atoms with Gasteiger partial charge in [0, 0.05) is 6.92 Å². The molecule has 0 aliphatic carbocycles. The number of hydrogen-bond donors (Lipinski definition) is 5. The third-order valence-corrected chi connectivity index (χ3v) is 2.27. The summed E-state index contributed by atoms with van der Waals surface area (Å²) in [6, 6.07) is -1.10. The minimum atomic E-state index is -1.45. The molecule has 7 nitrogen and oxygen atoms in total. The predicted molar refractivity (Wildman–Crippen MR) is 58.7 cm³/mol. The Balaban J connectivity index is 0.00000225. The Labute approximate surface area is 96.0 Å². The zero-order chi connectivity index (χ0) is 11.6. The Hall–Kier alpha value is -0.300. The number of rotatable bonds is 2. The molecular formula is C8H18NO6P. The maximum atomic E-state index is 10.7. The maximum absolute atomic E-state index is 10.7. The molecule has 0 bridgehead atoms. The van der Waals surface area contributed by atoms with Gasteiger partial charge in [0.05, 0.1) is 6.61 Å². The SMILES string of the molecule is CC(=O)N[C@@H]1[C@@H](O)[C@H](O)[C@@H](CO)O[C@H]1O.P. The van der Waals surface area contributed by atoms with Crippen molar-refractivity contribution in [2.75, 3.05) is 6.61 Å². The number of amides is 1. The van der Waals surface area contributed by atoms with E-state index in [1.807, 2.05) is 0 Å². The second kappa shape index (κ2) is 6.44. The molecule has 96 valence electrons.